The lowest BCUT2D eigenvalue weighted by atomic mass is 10.0. The number of anilines is 1. The SMILES string of the molecule is Cc1noc(C)c1S(=O)(=O)Nc1ccc2c(c1)C(=O)N([C@@H](C)CO)C[C@@H](C)[C@H](CN(C)C(=O)CCCN(C)C)OCCCC[C@@H](C)O2. The van der Waals surface area contributed by atoms with E-state index < -0.39 is 22.0 Å². The number of nitrogens with one attached hydrogen (secondary N) is 1. The fourth-order valence-electron chi connectivity index (χ4n) is 5.62. The standard InChI is InChI=1S/C33H53N5O8S/c1-22-19-38(23(2)21-39)33(41)28-18-27(35-47(42,43)32-25(4)34-46-26(32)5)14-15-29(28)45-24(3)12-9-10-17-44-30(22)20-37(8)31(40)13-11-16-36(6)7/h14-15,18,22-24,30,35,39H,9-13,16-17,19-21H2,1-8H3/t22-,23+,24-,30+/m1/s1. The van der Waals surface area contributed by atoms with Gasteiger partial charge in [0, 0.05) is 44.8 Å². The van der Waals surface area contributed by atoms with Crippen LogP contribution in [0.15, 0.2) is 27.6 Å². The summed E-state index contributed by atoms with van der Waals surface area (Å²) in [7, 11) is 1.65. The van der Waals surface area contributed by atoms with Gasteiger partial charge in [0.2, 0.25) is 5.91 Å². The van der Waals surface area contributed by atoms with E-state index >= 15 is 0 Å². The van der Waals surface area contributed by atoms with Crippen molar-refractivity contribution in [3.05, 3.63) is 35.2 Å². The Labute approximate surface area is 279 Å². The summed E-state index contributed by atoms with van der Waals surface area (Å²) in [4.78, 5) is 32.5. The van der Waals surface area contributed by atoms with Gasteiger partial charge in [0.15, 0.2) is 10.7 Å². The van der Waals surface area contributed by atoms with Crippen molar-refractivity contribution in [1.82, 2.24) is 19.9 Å². The lowest BCUT2D eigenvalue weighted by Gasteiger charge is -2.36. The highest BCUT2D eigenvalue weighted by atomic mass is 32.2. The van der Waals surface area contributed by atoms with Crippen molar-refractivity contribution >= 4 is 27.5 Å². The molecule has 14 heteroatoms. The fourth-order valence-corrected chi connectivity index (χ4v) is 7.00. The zero-order valence-corrected chi connectivity index (χ0v) is 29.9. The number of sulfonamides is 1. The first-order chi connectivity index (χ1) is 22.1. The molecule has 0 spiro atoms. The number of fused-ring (bicyclic) bond motifs is 1. The van der Waals surface area contributed by atoms with Gasteiger partial charge in [0.25, 0.3) is 15.9 Å². The van der Waals surface area contributed by atoms with Crippen LogP contribution in [0.3, 0.4) is 0 Å². The lowest BCUT2D eigenvalue weighted by molar-refractivity contribution is -0.132. The number of aromatic nitrogens is 1. The number of likely N-dealkylation sites (N-methyl/N-ethyl adjacent to an activating group) is 1. The molecule has 1 aliphatic rings. The molecule has 0 bridgehead atoms. The van der Waals surface area contributed by atoms with Crippen LogP contribution in [0.25, 0.3) is 0 Å². The first-order valence-corrected chi connectivity index (χ1v) is 17.8. The Morgan fingerprint density at radius 3 is 2.55 bits per heavy atom. The number of ether oxygens (including phenoxy) is 2. The normalized spacial score (nSPS) is 20.7. The zero-order chi connectivity index (χ0) is 34.9. The van der Waals surface area contributed by atoms with Crippen molar-refractivity contribution < 1.29 is 37.1 Å². The van der Waals surface area contributed by atoms with Gasteiger partial charge in [0.05, 0.1) is 30.4 Å². The monoisotopic (exact) mass is 679 g/mol. The molecule has 4 atom stereocenters. The molecule has 3 rings (SSSR count). The molecule has 1 aromatic heterocycles. The number of carbonyl (C=O) groups excluding carboxylic acids is 2. The molecular weight excluding hydrogens is 626 g/mol. The van der Waals surface area contributed by atoms with E-state index in [0.717, 1.165) is 25.8 Å². The van der Waals surface area contributed by atoms with Gasteiger partial charge < -0.3 is 33.8 Å². The molecule has 2 heterocycles. The number of amides is 2. The Balaban J connectivity index is 1.95. The van der Waals surface area contributed by atoms with Gasteiger partial charge in [-0.05, 0) is 92.2 Å². The minimum atomic E-state index is -4.08. The minimum absolute atomic E-state index is 0.0326. The molecule has 0 aliphatic carbocycles. The molecular formula is C33H53N5O8S. The Hall–Kier alpha value is -3.20. The molecule has 2 N–H and O–H groups in total. The maximum atomic E-state index is 14.3. The molecule has 0 unspecified atom stereocenters. The average molecular weight is 680 g/mol. The summed E-state index contributed by atoms with van der Waals surface area (Å²) in [5.41, 5.74) is 0.539. The van der Waals surface area contributed by atoms with Gasteiger partial charge in [-0.1, -0.05) is 12.1 Å². The van der Waals surface area contributed by atoms with Crippen molar-refractivity contribution in [3.63, 3.8) is 0 Å². The zero-order valence-electron chi connectivity index (χ0n) is 29.1. The highest BCUT2D eigenvalue weighted by Gasteiger charge is 2.32. The van der Waals surface area contributed by atoms with Crippen molar-refractivity contribution in [2.75, 3.05) is 58.7 Å². The molecule has 1 aromatic carbocycles. The van der Waals surface area contributed by atoms with Crippen molar-refractivity contribution in [2.24, 2.45) is 5.92 Å². The summed E-state index contributed by atoms with van der Waals surface area (Å²) in [5, 5.41) is 14.0. The second-order valence-corrected chi connectivity index (χ2v) is 14.6. The van der Waals surface area contributed by atoms with Crippen LogP contribution in [0.2, 0.25) is 0 Å². The van der Waals surface area contributed by atoms with Gasteiger partial charge in [0.1, 0.15) is 11.4 Å². The maximum absolute atomic E-state index is 14.3. The van der Waals surface area contributed by atoms with Gasteiger partial charge in [-0.2, -0.15) is 0 Å². The second-order valence-electron chi connectivity index (χ2n) is 13.0. The number of benzene rings is 1. The number of aliphatic hydroxyl groups is 1. The molecule has 0 saturated heterocycles. The number of aliphatic hydroxyl groups excluding tert-OH is 1. The van der Waals surface area contributed by atoms with Crippen LogP contribution in [0.5, 0.6) is 5.75 Å². The molecule has 47 heavy (non-hydrogen) atoms. The summed E-state index contributed by atoms with van der Waals surface area (Å²) in [5.74, 6) is -0.139. The number of hydrogen-bond donors (Lipinski definition) is 2. The fraction of sp³-hybridized carbons (Fsp3) is 0.667. The van der Waals surface area contributed by atoms with Crippen LogP contribution in [0.1, 0.15) is 74.7 Å². The number of nitrogens with zero attached hydrogens (tertiary/aromatic N) is 4. The quantitative estimate of drug-likeness (QED) is 0.359. The van der Waals surface area contributed by atoms with E-state index in [1.807, 2.05) is 32.8 Å². The predicted octanol–water partition coefficient (Wildman–Crippen LogP) is 3.69. The summed E-state index contributed by atoms with van der Waals surface area (Å²) in [6.45, 7) is 10.3. The Kier molecular flexibility index (Phi) is 14.1. The van der Waals surface area contributed by atoms with Gasteiger partial charge in [-0.25, -0.2) is 8.42 Å². The third kappa shape index (κ3) is 10.6. The van der Waals surface area contributed by atoms with Crippen molar-refractivity contribution in [2.45, 2.75) is 89.9 Å². The van der Waals surface area contributed by atoms with Crippen LogP contribution in [0, 0.1) is 19.8 Å². The summed E-state index contributed by atoms with van der Waals surface area (Å²) in [6, 6.07) is 4.03. The third-order valence-electron chi connectivity index (χ3n) is 8.42. The predicted molar refractivity (Wildman–Crippen MR) is 179 cm³/mol. The molecule has 2 amide bonds. The van der Waals surface area contributed by atoms with E-state index in [9.17, 15) is 23.1 Å². The van der Waals surface area contributed by atoms with E-state index in [1.165, 1.54) is 13.0 Å². The van der Waals surface area contributed by atoms with Crippen molar-refractivity contribution in [3.8, 4) is 5.75 Å². The Morgan fingerprint density at radius 2 is 1.91 bits per heavy atom. The number of rotatable bonds is 11. The van der Waals surface area contributed by atoms with E-state index in [2.05, 4.69) is 9.88 Å². The molecule has 0 fully saturated rings. The second kappa shape index (κ2) is 17.3. The lowest BCUT2D eigenvalue weighted by Crippen LogP contribution is -2.48. The summed E-state index contributed by atoms with van der Waals surface area (Å²) in [6.07, 6.45) is 2.92. The number of carbonyl (C=O) groups is 2. The molecule has 2 aromatic rings. The molecule has 0 saturated carbocycles. The molecule has 0 radical (unpaired) electrons. The smallest absolute Gasteiger partial charge is 0.267 e. The average Bonchev–Trinajstić information content (AvgIpc) is 3.36. The van der Waals surface area contributed by atoms with Crippen LogP contribution >= 0.6 is 0 Å². The Bertz CT molecular complexity index is 1430. The Morgan fingerprint density at radius 1 is 1.19 bits per heavy atom. The van der Waals surface area contributed by atoms with Crippen LogP contribution in [0.4, 0.5) is 5.69 Å². The summed E-state index contributed by atoms with van der Waals surface area (Å²) >= 11 is 0. The number of aryl methyl sites for hydroxylation is 2. The summed E-state index contributed by atoms with van der Waals surface area (Å²) < 4.78 is 46.8. The van der Waals surface area contributed by atoms with Crippen LogP contribution < -0.4 is 9.46 Å². The highest BCUT2D eigenvalue weighted by molar-refractivity contribution is 7.92. The molecule has 13 nitrogen and oxygen atoms in total. The largest absolute Gasteiger partial charge is 0.490 e. The molecule has 1 aliphatic heterocycles. The third-order valence-corrected chi connectivity index (χ3v) is 10.0. The van der Waals surface area contributed by atoms with Gasteiger partial charge >= 0.3 is 0 Å². The van der Waals surface area contributed by atoms with Crippen LogP contribution in [-0.2, 0) is 19.6 Å². The van der Waals surface area contributed by atoms with E-state index in [-0.39, 0.29) is 64.8 Å². The first kappa shape index (κ1) is 38.2. The van der Waals surface area contributed by atoms with Crippen molar-refractivity contribution in [1.29, 1.82) is 0 Å². The maximum Gasteiger partial charge on any atom is 0.267 e. The van der Waals surface area contributed by atoms with Crippen LogP contribution in [-0.4, -0.2) is 117 Å². The number of hydrogen-bond acceptors (Lipinski definition) is 10. The van der Waals surface area contributed by atoms with E-state index in [0.29, 0.717) is 31.7 Å². The first-order valence-electron chi connectivity index (χ1n) is 16.3. The van der Waals surface area contributed by atoms with E-state index in [1.54, 1.807) is 42.8 Å². The topological polar surface area (TPSA) is 155 Å². The van der Waals surface area contributed by atoms with Gasteiger partial charge in [-0.15, -0.1) is 0 Å². The highest BCUT2D eigenvalue weighted by Crippen LogP contribution is 2.30. The van der Waals surface area contributed by atoms with Gasteiger partial charge in [-0.3, -0.25) is 14.3 Å². The minimum Gasteiger partial charge on any atom is -0.490 e. The molecule has 264 valence electrons. The van der Waals surface area contributed by atoms with E-state index in [4.69, 9.17) is 14.0 Å².